The predicted octanol–water partition coefficient (Wildman–Crippen LogP) is 4.61. The molecule has 0 saturated carbocycles. The molecule has 0 atom stereocenters. The molecule has 2 heterocycles. The molecular formula is C20H16N2O4. The third kappa shape index (κ3) is 2.93. The predicted molar refractivity (Wildman–Crippen MR) is 97.1 cm³/mol. The Kier molecular flexibility index (Phi) is 3.93. The topological polar surface area (TPSA) is 88.5 Å². The van der Waals surface area contributed by atoms with Gasteiger partial charge in [-0.3, -0.25) is 4.79 Å². The van der Waals surface area contributed by atoms with Gasteiger partial charge in [0.2, 0.25) is 5.89 Å². The summed E-state index contributed by atoms with van der Waals surface area (Å²) in [6, 6.07) is 13.7. The summed E-state index contributed by atoms with van der Waals surface area (Å²) in [4.78, 5) is 16.6. The number of carbonyl (C=O) groups excluding carboxylic acids is 1. The van der Waals surface area contributed by atoms with Crippen LogP contribution in [0.3, 0.4) is 0 Å². The second kappa shape index (κ2) is 6.40. The third-order valence-corrected chi connectivity index (χ3v) is 4.09. The molecule has 6 heteroatoms. The number of nitrogens with zero attached hydrogens (tertiary/aromatic N) is 1. The van der Waals surface area contributed by atoms with E-state index in [1.54, 1.807) is 24.3 Å². The number of aryl methyl sites for hydroxylation is 1. The maximum atomic E-state index is 12.1. The minimum atomic E-state index is -0.378. The number of hydrogen-bond donors (Lipinski definition) is 2. The van der Waals surface area contributed by atoms with Gasteiger partial charge < -0.3 is 19.3 Å². The average molecular weight is 348 g/mol. The maximum absolute atomic E-state index is 12.1. The van der Waals surface area contributed by atoms with E-state index in [2.05, 4.69) is 17.2 Å². The first kappa shape index (κ1) is 16.0. The van der Waals surface area contributed by atoms with Crippen molar-refractivity contribution in [1.29, 1.82) is 0 Å². The van der Waals surface area contributed by atoms with Gasteiger partial charge in [-0.1, -0.05) is 13.0 Å². The van der Waals surface area contributed by atoms with E-state index in [-0.39, 0.29) is 17.4 Å². The minimum absolute atomic E-state index is 0.0169. The Morgan fingerprint density at radius 1 is 1.19 bits per heavy atom. The first-order valence-electron chi connectivity index (χ1n) is 8.22. The highest BCUT2D eigenvalue weighted by Crippen LogP contribution is 2.33. The number of hydrogen-bond acceptors (Lipinski definition) is 5. The van der Waals surface area contributed by atoms with Crippen LogP contribution in [0.25, 0.3) is 22.6 Å². The summed E-state index contributed by atoms with van der Waals surface area (Å²) in [5.74, 6) is 0.133. The normalized spacial score (nSPS) is 11.0. The van der Waals surface area contributed by atoms with Crippen LogP contribution in [0.4, 0.5) is 5.69 Å². The van der Waals surface area contributed by atoms with Crippen LogP contribution < -0.4 is 5.32 Å². The summed E-state index contributed by atoms with van der Waals surface area (Å²) in [6.45, 7) is 2.07. The first-order valence-corrected chi connectivity index (χ1v) is 8.22. The highest BCUT2D eigenvalue weighted by molar-refractivity contribution is 6.02. The number of rotatable bonds is 4. The zero-order chi connectivity index (χ0) is 18.1. The van der Waals surface area contributed by atoms with Crippen molar-refractivity contribution in [2.75, 3.05) is 5.32 Å². The number of benzene rings is 2. The van der Waals surface area contributed by atoms with Crippen LogP contribution in [0.2, 0.25) is 0 Å². The number of aromatic hydroxyl groups is 1. The molecule has 2 aromatic carbocycles. The van der Waals surface area contributed by atoms with E-state index < -0.39 is 0 Å². The summed E-state index contributed by atoms with van der Waals surface area (Å²) in [6.07, 6.45) is 2.33. The largest absolute Gasteiger partial charge is 0.507 e. The van der Waals surface area contributed by atoms with Crippen LogP contribution in [0.5, 0.6) is 5.75 Å². The Hall–Kier alpha value is -3.54. The summed E-state index contributed by atoms with van der Waals surface area (Å²) >= 11 is 0. The number of nitrogens with one attached hydrogen (secondary N) is 1. The molecule has 0 aliphatic heterocycles. The number of phenolic OH excluding ortho intramolecular Hbond substituents is 1. The van der Waals surface area contributed by atoms with Gasteiger partial charge in [0.05, 0.1) is 11.8 Å². The van der Waals surface area contributed by atoms with Gasteiger partial charge in [-0.05, 0) is 54.4 Å². The molecule has 4 rings (SSSR count). The summed E-state index contributed by atoms with van der Waals surface area (Å²) in [5, 5.41) is 12.9. The van der Waals surface area contributed by atoms with Crippen LogP contribution in [0.15, 0.2) is 63.6 Å². The second-order valence-corrected chi connectivity index (χ2v) is 5.84. The van der Waals surface area contributed by atoms with E-state index in [9.17, 15) is 9.90 Å². The Morgan fingerprint density at radius 2 is 2.08 bits per heavy atom. The molecule has 2 aromatic heterocycles. The van der Waals surface area contributed by atoms with Crippen molar-refractivity contribution < 1.29 is 18.7 Å². The van der Waals surface area contributed by atoms with Crippen LogP contribution in [0, 0.1) is 0 Å². The van der Waals surface area contributed by atoms with Crippen molar-refractivity contribution in [2.45, 2.75) is 13.3 Å². The molecule has 0 fully saturated rings. The first-order chi connectivity index (χ1) is 12.6. The van der Waals surface area contributed by atoms with E-state index in [4.69, 9.17) is 8.83 Å². The molecule has 6 nitrogen and oxygen atoms in total. The molecule has 4 aromatic rings. The molecule has 0 unspecified atom stereocenters. The lowest BCUT2D eigenvalue weighted by Gasteiger charge is -2.06. The van der Waals surface area contributed by atoms with Gasteiger partial charge in [-0.15, -0.1) is 0 Å². The molecule has 0 saturated heterocycles. The lowest BCUT2D eigenvalue weighted by Crippen LogP contribution is -2.10. The number of phenols is 1. The number of carbonyl (C=O) groups is 1. The van der Waals surface area contributed by atoms with E-state index in [1.165, 1.54) is 12.3 Å². The lowest BCUT2D eigenvalue weighted by molar-refractivity contribution is 0.0996. The van der Waals surface area contributed by atoms with Gasteiger partial charge in [-0.2, -0.15) is 0 Å². The van der Waals surface area contributed by atoms with Crippen LogP contribution >= 0.6 is 0 Å². The van der Waals surface area contributed by atoms with Crippen molar-refractivity contribution in [1.82, 2.24) is 4.98 Å². The Balaban J connectivity index is 1.69. The second-order valence-electron chi connectivity index (χ2n) is 5.84. The molecule has 0 aliphatic rings. The van der Waals surface area contributed by atoms with E-state index in [1.807, 2.05) is 18.2 Å². The summed E-state index contributed by atoms with van der Waals surface area (Å²) < 4.78 is 10.8. The van der Waals surface area contributed by atoms with Crippen molar-refractivity contribution in [2.24, 2.45) is 0 Å². The highest BCUT2D eigenvalue weighted by Gasteiger charge is 2.15. The lowest BCUT2D eigenvalue weighted by atomic mass is 10.1. The molecule has 0 spiro atoms. The molecule has 0 aliphatic carbocycles. The third-order valence-electron chi connectivity index (χ3n) is 4.09. The van der Waals surface area contributed by atoms with Gasteiger partial charge in [0.15, 0.2) is 11.3 Å². The Bertz CT molecular complexity index is 1080. The fraction of sp³-hybridized carbons (Fsp3) is 0.100. The van der Waals surface area contributed by atoms with Gasteiger partial charge >= 0.3 is 0 Å². The van der Waals surface area contributed by atoms with Gasteiger partial charge in [0.25, 0.3) is 5.91 Å². The monoisotopic (exact) mass is 348 g/mol. The molecule has 26 heavy (non-hydrogen) atoms. The summed E-state index contributed by atoms with van der Waals surface area (Å²) in [7, 11) is 0. The average Bonchev–Trinajstić information content (AvgIpc) is 3.32. The maximum Gasteiger partial charge on any atom is 0.291 e. The Morgan fingerprint density at radius 3 is 2.85 bits per heavy atom. The zero-order valence-electron chi connectivity index (χ0n) is 14.0. The quantitative estimate of drug-likeness (QED) is 0.526. The van der Waals surface area contributed by atoms with Crippen LogP contribution in [0.1, 0.15) is 23.0 Å². The van der Waals surface area contributed by atoms with Gasteiger partial charge in [0, 0.05) is 5.69 Å². The number of aromatic nitrogens is 1. The minimum Gasteiger partial charge on any atom is -0.507 e. The Labute approximate surface area is 149 Å². The molecular weight excluding hydrogens is 332 g/mol. The number of anilines is 1. The van der Waals surface area contributed by atoms with Crippen molar-refractivity contribution >= 4 is 22.7 Å². The highest BCUT2D eigenvalue weighted by atomic mass is 16.4. The molecule has 0 bridgehead atoms. The fourth-order valence-corrected chi connectivity index (χ4v) is 2.69. The standard InChI is InChI=1S/C20H16N2O4/c1-2-12-5-8-17-15(10-12)22-20(26-17)14-11-13(6-7-16(14)23)21-19(24)18-4-3-9-25-18/h3-11,23H,2H2,1H3,(H,21,24). The van der Waals surface area contributed by atoms with E-state index >= 15 is 0 Å². The number of fused-ring (bicyclic) bond motifs is 1. The van der Waals surface area contributed by atoms with Crippen molar-refractivity contribution in [3.05, 3.63) is 66.1 Å². The van der Waals surface area contributed by atoms with E-state index in [0.29, 0.717) is 22.7 Å². The molecule has 130 valence electrons. The SMILES string of the molecule is CCc1ccc2oc(-c3cc(NC(=O)c4ccco4)ccc3O)nc2c1. The van der Waals surface area contributed by atoms with Crippen LogP contribution in [-0.4, -0.2) is 16.0 Å². The van der Waals surface area contributed by atoms with E-state index in [0.717, 1.165) is 17.5 Å². The number of amides is 1. The van der Waals surface area contributed by atoms with Gasteiger partial charge in [0.1, 0.15) is 11.3 Å². The van der Waals surface area contributed by atoms with Gasteiger partial charge in [-0.25, -0.2) is 4.98 Å². The zero-order valence-corrected chi connectivity index (χ0v) is 14.0. The molecule has 0 radical (unpaired) electrons. The molecule has 1 amide bonds. The number of furan rings is 1. The smallest absolute Gasteiger partial charge is 0.291 e. The van der Waals surface area contributed by atoms with Crippen LogP contribution in [-0.2, 0) is 6.42 Å². The molecule has 2 N–H and O–H groups in total. The summed E-state index contributed by atoms with van der Waals surface area (Å²) in [5.41, 5.74) is 3.42. The van der Waals surface area contributed by atoms with Crippen molar-refractivity contribution in [3.63, 3.8) is 0 Å². The fourth-order valence-electron chi connectivity index (χ4n) is 2.69. The number of oxazole rings is 1. The van der Waals surface area contributed by atoms with Crippen molar-refractivity contribution in [3.8, 4) is 17.2 Å².